The lowest BCUT2D eigenvalue weighted by molar-refractivity contribution is 0.173. The molecule has 22 heavy (non-hydrogen) atoms. The molecule has 0 spiro atoms. The van der Waals surface area contributed by atoms with Crippen LogP contribution in [-0.2, 0) is 10.3 Å². The van der Waals surface area contributed by atoms with Crippen LogP contribution in [0.1, 0.15) is 23.7 Å². The predicted octanol–water partition coefficient (Wildman–Crippen LogP) is 1.97. The average molecular weight is 297 g/mol. The van der Waals surface area contributed by atoms with Gasteiger partial charge in [0.25, 0.3) is 0 Å². The molecule has 6 heteroatoms. The van der Waals surface area contributed by atoms with Crippen molar-refractivity contribution in [1.82, 2.24) is 15.3 Å². The highest BCUT2D eigenvalue weighted by atomic mass is 19.1. The van der Waals surface area contributed by atoms with E-state index in [9.17, 15) is 9.18 Å². The van der Waals surface area contributed by atoms with E-state index < -0.39 is 17.4 Å². The summed E-state index contributed by atoms with van der Waals surface area (Å²) in [6.45, 7) is 2.06. The number of nitrogens with one attached hydrogen (secondary N) is 1. The van der Waals surface area contributed by atoms with Gasteiger partial charge < -0.3 is 10.1 Å². The minimum atomic E-state index is -0.641. The molecule has 110 valence electrons. The van der Waals surface area contributed by atoms with Gasteiger partial charge in [0.15, 0.2) is 5.82 Å². The van der Waals surface area contributed by atoms with Gasteiger partial charge in [-0.15, -0.1) is 0 Å². The summed E-state index contributed by atoms with van der Waals surface area (Å²) in [5, 5.41) is 2.73. The fourth-order valence-corrected chi connectivity index (χ4v) is 2.08. The molecule has 0 saturated carbocycles. The van der Waals surface area contributed by atoms with Crippen molar-refractivity contribution in [2.75, 3.05) is 6.61 Å². The number of pyridine rings is 2. The third-order valence-electron chi connectivity index (χ3n) is 3.33. The molecule has 3 rings (SSSR count). The summed E-state index contributed by atoms with van der Waals surface area (Å²) < 4.78 is 18.4. The van der Waals surface area contributed by atoms with Crippen molar-refractivity contribution < 1.29 is 13.9 Å². The van der Waals surface area contributed by atoms with Gasteiger partial charge in [0.2, 0.25) is 0 Å². The number of halogens is 1. The Bertz CT molecular complexity index is 797. The Balaban J connectivity index is 1.90. The molecular formula is C16H12FN3O2. The van der Waals surface area contributed by atoms with Crippen molar-refractivity contribution in [2.24, 2.45) is 0 Å². The van der Waals surface area contributed by atoms with Crippen molar-refractivity contribution in [3.8, 4) is 11.8 Å². The number of nitrogens with zero attached hydrogens (tertiary/aromatic N) is 2. The predicted molar refractivity (Wildman–Crippen MR) is 76.2 cm³/mol. The standard InChI is InChI=1S/C16H12FN3O2/c1-16(10-22-15(21)20-16)12-7-11(8-18-9-12)4-5-14-13(17)3-2-6-19-14/h2-3,6-9H,10H2,1H3,(H,20,21)/t16-/m0/s1. The van der Waals surface area contributed by atoms with Crippen LogP contribution in [-0.4, -0.2) is 22.7 Å². The molecule has 1 N–H and O–H groups in total. The van der Waals surface area contributed by atoms with E-state index in [1.54, 1.807) is 18.5 Å². The molecule has 0 aliphatic carbocycles. The molecule has 1 aliphatic heterocycles. The van der Waals surface area contributed by atoms with E-state index in [1.165, 1.54) is 18.3 Å². The van der Waals surface area contributed by atoms with Gasteiger partial charge in [0.05, 0.1) is 0 Å². The number of alkyl carbamates (subject to hydrolysis) is 1. The zero-order valence-corrected chi connectivity index (χ0v) is 11.8. The van der Waals surface area contributed by atoms with Gasteiger partial charge in [-0.1, -0.05) is 5.92 Å². The topological polar surface area (TPSA) is 64.1 Å². The summed E-state index contributed by atoms with van der Waals surface area (Å²) in [6.07, 6.45) is 4.23. The highest BCUT2D eigenvalue weighted by molar-refractivity contribution is 5.71. The molecule has 1 saturated heterocycles. The number of carbonyl (C=O) groups is 1. The van der Waals surface area contributed by atoms with Gasteiger partial charge in [-0.05, 0) is 31.0 Å². The largest absolute Gasteiger partial charge is 0.447 e. The number of ether oxygens (including phenoxy) is 1. The molecule has 0 radical (unpaired) electrons. The number of rotatable bonds is 1. The molecular weight excluding hydrogens is 285 g/mol. The van der Waals surface area contributed by atoms with Gasteiger partial charge in [0, 0.05) is 29.7 Å². The van der Waals surface area contributed by atoms with E-state index in [0.717, 1.165) is 5.56 Å². The lowest BCUT2D eigenvalue weighted by atomic mass is 9.94. The second kappa shape index (κ2) is 5.45. The van der Waals surface area contributed by atoms with Crippen LogP contribution in [0.15, 0.2) is 36.8 Å². The van der Waals surface area contributed by atoms with Gasteiger partial charge in [0.1, 0.15) is 17.8 Å². The maximum Gasteiger partial charge on any atom is 0.408 e. The quantitative estimate of drug-likeness (QED) is 0.817. The molecule has 1 fully saturated rings. The second-order valence-electron chi connectivity index (χ2n) is 5.08. The monoisotopic (exact) mass is 297 g/mol. The first-order valence-corrected chi connectivity index (χ1v) is 6.60. The number of amides is 1. The van der Waals surface area contributed by atoms with Crippen LogP contribution >= 0.6 is 0 Å². The summed E-state index contributed by atoms with van der Waals surface area (Å²) in [4.78, 5) is 19.2. The normalized spacial score (nSPS) is 19.8. The maximum absolute atomic E-state index is 13.5. The highest BCUT2D eigenvalue weighted by Crippen LogP contribution is 2.25. The number of aromatic nitrogens is 2. The summed E-state index contributed by atoms with van der Waals surface area (Å²) in [5.74, 6) is 5.03. The summed E-state index contributed by atoms with van der Waals surface area (Å²) in [7, 11) is 0. The van der Waals surface area contributed by atoms with E-state index in [4.69, 9.17) is 4.74 Å². The molecule has 0 bridgehead atoms. The summed E-state index contributed by atoms with van der Waals surface area (Å²) in [6, 6.07) is 4.60. The summed E-state index contributed by atoms with van der Waals surface area (Å²) in [5.41, 5.74) is 0.811. The Morgan fingerprint density at radius 1 is 1.41 bits per heavy atom. The molecule has 0 unspecified atom stereocenters. The molecule has 1 aliphatic rings. The van der Waals surface area contributed by atoms with Crippen LogP contribution in [0.4, 0.5) is 9.18 Å². The van der Waals surface area contributed by atoms with Crippen molar-refractivity contribution in [1.29, 1.82) is 0 Å². The second-order valence-corrected chi connectivity index (χ2v) is 5.08. The third kappa shape index (κ3) is 2.74. The first-order chi connectivity index (χ1) is 10.6. The molecule has 2 aromatic rings. The van der Waals surface area contributed by atoms with Crippen LogP contribution in [0, 0.1) is 17.7 Å². The Morgan fingerprint density at radius 2 is 2.27 bits per heavy atom. The fraction of sp³-hybridized carbons (Fsp3) is 0.188. The first-order valence-electron chi connectivity index (χ1n) is 6.60. The van der Waals surface area contributed by atoms with Crippen molar-refractivity contribution in [2.45, 2.75) is 12.5 Å². The lowest BCUT2D eigenvalue weighted by Gasteiger charge is -2.20. The zero-order valence-electron chi connectivity index (χ0n) is 11.8. The number of hydrogen-bond acceptors (Lipinski definition) is 4. The van der Waals surface area contributed by atoms with Gasteiger partial charge in [-0.3, -0.25) is 4.98 Å². The van der Waals surface area contributed by atoms with E-state index in [1.807, 2.05) is 6.92 Å². The molecule has 1 amide bonds. The number of cyclic esters (lactones) is 1. The fourth-order valence-electron chi connectivity index (χ4n) is 2.08. The van der Waals surface area contributed by atoms with Crippen molar-refractivity contribution >= 4 is 6.09 Å². The van der Waals surface area contributed by atoms with Crippen LogP contribution in [0.2, 0.25) is 0 Å². The Labute approximate surface area is 126 Å². The maximum atomic E-state index is 13.5. The SMILES string of the molecule is C[C@@]1(c2cncc(C#Cc3ncccc3F)c2)COC(=O)N1. The smallest absolute Gasteiger partial charge is 0.408 e. The minimum absolute atomic E-state index is 0.0802. The Kier molecular flexibility index (Phi) is 3.47. The molecule has 0 aromatic carbocycles. The number of carbonyl (C=O) groups excluding carboxylic acids is 1. The molecule has 1 atom stereocenters. The highest BCUT2D eigenvalue weighted by Gasteiger charge is 2.36. The number of hydrogen-bond donors (Lipinski definition) is 1. The summed E-state index contributed by atoms with van der Waals surface area (Å²) >= 11 is 0. The molecule has 5 nitrogen and oxygen atoms in total. The van der Waals surface area contributed by atoms with E-state index >= 15 is 0 Å². The van der Waals surface area contributed by atoms with Gasteiger partial charge >= 0.3 is 6.09 Å². The van der Waals surface area contributed by atoms with Crippen LogP contribution < -0.4 is 5.32 Å². The zero-order chi connectivity index (χ0) is 15.6. The van der Waals surface area contributed by atoms with E-state index in [0.29, 0.717) is 5.56 Å². The Morgan fingerprint density at radius 3 is 3.00 bits per heavy atom. The van der Waals surface area contributed by atoms with Crippen LogP contribution in [0.5, 0.6) is 0 Å². The van der Waals surface area contributed by atoms with Gasteiger partial charge in [-0.25, -0.2) is 14.2 Å². The van der Waals surface area contributed by atoms with Crippen LogP contribution in [0.3, 0.4) is 0 Å². The van der Waals surface area contributed by atoms with E-state index in [2.05, 4.69) is 27.1 Å². The third-order valence-corrected chi connectivity index (χ3v) is 3.33. The van der Waals surface area contributed by atoms with Crippen LogP contribution in [0.25, 0.3) is 0 Å². The molecule has 2 aromatic heterocycles. The van der Waals surface area contributed by atoms with Gasteiger partial charge in [-0.2, -0.15) is 0 Å². The minimum Gasteiger partial charge on any atom is -0.447 e. The van der Waals surface area contributed by atoms with E-state index in [-0.39, 0.29) is 12.3 Å². The lowest BCUT2D eigenvalue weighted by Crippen LogP contribution is -2.37. The Hall–Kier alpha value is -2.94. The van der Waals surface area contributed by atoms with Crippen molar-refractivity contribution in [3.05, 3.63) is 59.4 Å². The molecule has 3 heterocycles. The van der Waals surface area contributed by atoms with Crippen molar-refractivity contribution in [3.63, 3.8) is 0 Å². The first kappa shape index (κ1) is 14.0. The average Bonchev–Trinajstić information content (AvgIpc) is 2.87.